The Morgan fingerprint density at radius 2 is 1.94 bits per heavy atom. The van der Waals surface area contributed by atoms with E-state index in [2.05, 4.69) is 4.99 Å². The molecule has 0 aliphatic carbocycles. The van der Waals surface area contributed by atoms with E-state index in [0.29, 0.717) is 10.6 Å². The Morgan fingerprint density at radius 1 is 1.39 bits per heavy atom. The number of primary amides is 1. The molecule has 1 aromatic rings. The molecule has 0 aliphatic rings. The van der Waals surface area contributed by atoms with Crippen LogP contribution in [0.4, 0.5) is 0 Å². The first kappa shape index (κ1) is 14.3. The maximum atomic E-state index is 11.3. The molecule has 0 fully saturated rings. The highest BCUT2D eigenvalue weighted by Crippen LogP contribution is 2.18. The van der Waals surface area contributed by atoms with Crippen LogP contribution in [0.3, 0.4) is 0 Å². The van der Waals surface area contributed by atoms with Gasteiger partial charge in [-0.1, -0.05) is 11.6 Å². The number of nitrogens with two attached hydrogens (primary N) is 1. The molecular formula is C13H15ClN2O2. The van der Waals surface area contributed by atoms with Gasteiger partial charge < -0.3 is 10.8 Å². The first-order valence-corrected chi connectivity index (χ1v) is 5.81. The topological polar surface area (TPSA) is 75.7 Å². The molecule has 0 bridgehead atoms. The Hall–Kier alpha value is -1.81. The summed E-state index contributed by atoms with van der Waals surface area (Å²) in [6.07, 6.45) is 1.29. The third-order valence-corrected chi connectivity index (χ3v) is 2.39. The predicted octanol–water partition coefficient (Wildman–Crippen LogP) is 2.57. The second kappa shape index (κ2) is 6.21. The molecular weight excluding hydrogens is 252 g/mol. The van der Waals surface area contributed by atoms with Crippen molar-refractivity contribution in [3.8, 4) is 0 Å². The van der Waals surface area contributed by atoms with Crippen molar-refractivity contribution in [3.63, 3.8) is 0 Å². The predicted molar refractivity (Wildman–Crippen MR) is 73.8 cm³/mol. The molecule has 0 saturated heterocycles. The Bertz CT molecular complexity index is 490. The van der Waals surface area contributed by atoms with Crippen LogP contribution >= 0.6 is 11.6 Å². The Balaban J connectivity index is 3.19. The van der Waals surface area contributed by atoms with Crippen LogP contribution in [-0.4, -0.2) is 23.3 Å². The van der Waals surface area contributed by atoms with Crippen molar-refractivity contribution in [1.29, 1.82) is 0 Å². The van der Waals surface area contributed by atoms with Crippen LogP contribution in [0.15, 0.2) is 34.8 Å². The number of benzene rings is 1. The fourth-order valence-electron chi connectivity index (χ4n) is 1.23. The summed E-state index contributed by atoms with van der Waals surface area (Å²) in [5.41, 5.74) is 5.66. The van der Waals surface area contributed by atoms with E-state index in [1.807, 2.05) is 13.8 Å². The lowest BCUT2D eigenvalue weighted by molar-refractivity contribution is -0.114. The number of nitrogens with zero attached hydrogens (tertiary/aromatic N) is 1. The Labute approximate surface area is 111 Å². The summed E-state index contributed by atoms with van der Waals surface area (Å²) >= 11 is 5.75. The quantitative estimate of drug-likeness (QED) is 0.499. The number of aliphatic imine (C=N–C) groups is 1. The average molecular weight is 267 g/mol. The summed E-state index contributed by atoms with van der Waals surface area (Å²) < 4.78 is 0. The number of rotatable bonds is 4. The molecule has 0 radical (unpaired) electrons. The minimum Gasteiger partial charge on any atom is -0.506 e. The van der Waals surface area contributed by atoms with Crippen LogP contribution in [0.1, 0.15) is 19.4 Å². The highest BCUT2D eigenvalue weighted by atomic mass is 35.5. The number of hydrogen-bond donors (Lipinski definition) is 2. The molecule has 18 heavy (non-hydrogen) atoms. The van der Waals surface area contributed by atoms with Crippen molar-refractivity contribution in [3.05, 3.63) is 40.4 Å². The number of carbonyl (C=O) groups excluding carboxylic acids is 1. The lowest BCUT2D eigenvalue weighted by atomic mass is 10.1. The molecule has 0 atom stereocenters. The van der Waals surface area contributed by atoms with Crippen LogP contribution in [0.25, 0.3) is 5.76 Å². The van der Waals surface area contributed by atoms with Gasteiger partial charge in [0.25, 0.3) is 5.91 Å². The van der Waals surface area contributed by atoms with E-state index in [4.69, 9.17) is 17.3 Å². The fourth-order valence-corrected chi connectivity index (χ4v) is 1.35. The number of aliphatic hydroxyl groups excluding tert-OH is 1. The molecule has 96 valence electrons. The minimum absolute atomic E-state index is 0.0115. The summed E-state index contributed by atoms with van der Waals surface area (Å²) in [5, 5.41) is 10.5. The minimum atomic E-state index is -0.730. The maximum Gasteiger partial charge on any atom is 0.254 e. The number of amides is 1. The van der Waals surface area contributed by atoms with Crippen molar-refractivity contribution in [2.75, 3.05) is 0 Å². The molecule has 3 N–H and O–H groups in total. The van der Waals surface area contributed by atoms with Crippen molar-refractivity contribution in [2.24, 2.45) is 10.7 Å². The second-order valence-corrected chi connectivity index (χ2v) is 4.44. The van der Waals surface area contributed by atoms with E-state index in [1.54, 1.807) is 24.3 Å². The first-order valence-electron chi connectivity index (χ1n) is 5.44. The number of carbonyl (C=O) groups is 1. The van der Waals surface area contributed by atoms with Crippen molar-refractivity contribution >= 4 is 29.5 Å². The highest BCUT2D eigenvalue weighted by molar-refractivity contribution is 6.30. The number of aliphatic hydroxyl groups is 1. The summed E-state index contributed by atoms with van der Waals surface area (Å²) in [6, 6.07) is 6.45. The van der Waals surface area contributed by atoms with E-state index < -0.39 is 5.91 Å². The fraction of sp³-hybridized carbons (Fsp3) is 0.231. The molecule has 0 saturated carbocycles. The SMILES string of the molecule is CC(C)N=C/C(C(N)=O)=C(\O)c1ccc(Cl)cc1. The van der Waals surface area contributed by atoms with E-state index in [1.165, 1.54) is 6.21 Å². The zero-order valence-corrected chi connectivity index (χ0v) is 11.0. The van der Waals surface area contributed by atoms with Gasteiger partial charge in [-0.2, -0.15) is 0 Å². The van der Waals surface area contributed by atoms with E-state index >= 15 is 0 Å². The third kappa shape index (κ3) is 3.89. The molecule has 0 heterocycles. The van der Waals surface area contributed by atoms with Gasteiger partial charge in [0.05, 0.1) is 5.57 Å². The normalized spacial score (nSPS) is 12.9. The standard InChI is InChI=1S/C13H15ClN2O2/c1-8(2)16-7-11(13(15)18)12(17)9-3-5-10(14)6-4-9/h3-8,17H,1-2H3,(H2,15,18)/b12-11+,16-7?. The van der Waals surface area contributed by atoms with Crippen LogP contribution in [0.5, 0.6) is 0 Å². The largest absolute Gasteiger partial charge is 0.506 e. The zero-order chi connectivity index (χ0) is 13.7. The lowest BCUT2D eigenvalue weighted by Gasteiger charge is -2.05. The number of halogens is 1. The molecule has 5 heteroatoms. The van der Waals surface area contributed by atoms with Gasteiger partial charge in [-0.3, -0.25) is 9.79 Å². The van der Waals surface area contributed by atoms with Gasteiger partial charge >= 0.3 is 0 Å². The van der Waals surface area contributed by atoms with Gasteiger partial charge in [0, 0.05) is 22.8 Å². The maximum absolute atomic E-state index is 11.3. The average Bonchev–Trinajstić information content (AvgIpc) is 2.29. The van der Waals surface area contributed by atoms with Gasteiger partial charge in [0.15, 0.2) is 0 Å². The Kier molecular flexibility index (Phi) is 4.92. The van der Waals surface area contributed by atoms with Crippen LogP contribution in [0.2, 0.25) is 5.02 Å². The van der Waals surface area contributed by atoms with Gasteiger partial charge in [-0.15, -0.1) is 0 Å². The van der Waals surface area contributed by atoms with Gasteiger partial charge in [0.1, 0.15) is 5.76 Å². The van der Waals surface area contributed by atoms with E-state index in [9.17, 15) is 9.90 Å². The summed E-state index contributed by atoms with van der Waals surface area (Å²) in [4.78, 5) is 15.3. The van der Waals surface area contributed by atoms with E-state index in [-0.39, 0.29) is 17.4 Å². The molecule has 0 aromatic heterocycles. The summed E-state index contributed by atoms with van der Waals surface area (Å²) in [6.45, 7) is 3.71. The molecule has 1 aromatic carbocycles. The van der Waals surface area contributed by atoms with Crippen LogP contribution in [0, 0.1) is 0 Å². The molecule has 1 amide bonds. The molecule has 4 nitrogen and oxygen atoms in total. The first-order chi connectivity index (χ1) is 8.41. The van der Waals surface area contributed by atoms with Crippen LogP contribution < -0.4 is 5.73 Å². The van der Waals surface area contributed by atoms with Crippen molar-refractivity contribution in [1.82, 2.24) is 0 Å². The molecule has 1 rings (SSSR count). The second-order valence-electron chi connectivity index (χ2n) is 4.01. The van der Waals surface area contributed by atoms with Crippen LogP contribution in [-0.2, 0) is 4.79 Å². The molecule has 0 unspecified atom stereocenters. The monoisotopic (exact) mass is 266 g/mol. The molecule has 0 spiro atoms. The van der Waals surface area contributed by atoms with Crippen molar-refractivity contribution < 1.29 is 9.90 Å². The van der Waals surface area contributed by atoms with Gasteiger partial charge in [-0.05, 0) is 38.1 Å². The lowest BCUT2D eigenvalue weighted by Crippen LogP contribution is -2.17. The number of hydrogen-bond acceptors (Lipinski definition) is 3. The summed E-state index contributed by atoms with van der Waals surface area (Å²) in [7, 11) is 0. The van der Waals surface area contributed by atoms with Gasteiger partial charge in [0.2, 0.25) is 0 Å². The molecule has 0 aliphatic heterocycles. The Morgan fingerprint density at radius 3 is 2.39 bits per heavy atom. The van der Waals surface area contributed by atoms with Gasteiger partial charge in [-0.25, -0.2) is 0 Å². The van der Waals surface area contributed by atoms with Crippen molar-refractivity contribution in [2.45, 2.75) is 19.9 Å². The highest BCUT2D eigenvalue weighted by Gasteiger charge is 2.11. The zero-order valence-electron chi connectivity index (χ0n) is 10.2. The third-order valence-electron chi connectivity index (χ3n) is 2.14. The smallest absolute Gasteiger partial charge is 0.254 e. The van der Waals surface area contributed by atoms with E-state index in [0.717, 1.165) is 0 Å². The summed E-state index contributed by atoms with van der Waals surface area (Å²) in [5.74, 6) is -0.935.